The quantitative estimate of drug-likeness (QED) is 0.470. The molecule has 0 unspecified atom stereocenters. The van der Waals surface area contributed by atoms with E-state index in [-0.39, 0.29) is 5.56 Å². The minimum absolute atomic E-state index is 0.0182. The molecule has 2 aromatic heterocycles. The van der Waals surface area contributed by atoms with Crippen LogP contribution in [-0.4, -0.2) is 19.8 Å². The minimum Gasteiger partial charge on any atom is -0.349 e. The maximum Gasteiger partial charge on any atom is 0.283 e. The van der Waals surface area contributed by atoms with Gasteiger partial charge in [-0.1, -0.05) is 54.9 Å². The van der Waals surface area contributed by atoms with Gasteiger partial charge in [-0.2, -0.15) is 0 Å². The molecule has 1 N–H and O–H groups in total. The fourth-order valence-corrected chi connectivity index (χ4v) is 5.46. The number of para-hydroxylation sites is 1. The van der Waals surface area contributed by atoms with Crippen LogP contribution in [0.1, 0.15) is 36.8 Å². The van der Waals surface area contributed by atoms with E-state index in [2.05, 4.69) is 24.9 Å². The Hall–Kier alpha value is -2.53. The SMILES string of the molecule is Cc1cccc(-n2c(SC3CCCC3)nc3c([nH]c4ccccc43)c2=O)c1C. The standard InChI is InChI=1S/C23H23N3OS/c1-14-8-7-13-19(15(14)2)26-22(27)21-20(17-11-5-6-12-18(17)24-21)25-23(26)28-16-9-3-4-10-16/h5-8,11-13,16,24H,3-4,9-10H2,1-2H3. The van der Waals surface area contributed by atoms with Gasteiger partial charge in [0.2, 0.25) is 0 Å². The summed E-state index contributed by atoms with van der Waals surface area (Å²) in [6, 6.07) is 14.1. The van der Waals surface area contributed by atoms with E-state index in [4.69, 9.17) is 4.98 Å². The number of hydrogen-bond acceptors (Lipinski definition) is 3. The van der Waals surface area contributed by atoms with E-state index >= 15 is 0 Å². The van der Waals surface area contributed by atoms with Gasteiger partial charge < -0.3 is 4.98 Å². The molecule has 1 fully saturated rings. The second-order valence-electron chi connectivity index (χ2n) is 7.67. The van der Waals surface area contributed by atoms with Gasteiger partial charge in [-0.3, -0.25) is 9.36 Å². The molecule has 0 radical (unpaired) electrons. The van der Waals surface area contributed by atoms with Gasteiger partial charge in [0.15, 0.2) is 5.16 Å². The van der Waals surface area contributed by atoms with Crippen molar-refractivity contribution in [1.82, 2.24) is 14.5 Å². The molecule has 0 atom stereocenters. The van der Waals surface area contributed by atoms with Crippen molar-refractivity contribution in [3.8, 4) is 5.69 Å². The molecule has 142 valence electrons. The first-order valence-electron chi connectivity index (χ1n) is 9.90. The Labute approximate surface area is 168 Å². The molecule has 5 heteroatoms. The molecule has 0 spiro atoms. The van der Waals surface area contributed by atoms with Gasteiger partial charge in [0.25, 0.3) is 5.56 Å². The summed E-state index contributed by atoms with van der Waals surface area (Å²) in [4.78, 5) is 22.0. The molecule has 0 saturated heterocycles. The van der Waals surface area contributed by atoms with E-state index in [9.17, 15) is 4.79 Å². The van der Waals surface area contributed by atoms with Crippen LogP contribution in [0.4, 0.5) is 0 Å². The lowest BCUT2D eigenvalue weighted by molar-refractivity contribution is 0.799. The number of benzene rings is 2. The number of hydrogen-bond donors (Lipinski definition) is 1. The molecule has 0 bridgehead atoms. The highest BCUT2D eigenvalue weighted by Gasteiger charge is 2.23. The lowest BCUT2D eigenvalue weighted by Crippen LogP contribution is -2.23. The predicted molar refractivity (Wildman–Crippen MR) is 117 cm³/mol. The first-order valence-corrected chi connectivity index (χ1v) is 10.8. The average Bonchev–Trinajstić information content (AvgIpc) is 3.33. The summed E-state index contributed by atoms with van der Waals surface area (Å²) in [7, 11) is 0. The zero-order valence-electron chi connectivity index (χ0n) is 16.2. The summed E-state index contributed by atoms with van der Waals surface area (Å²) in [5, 5.41) is 2.35. The second-order valence-corrected chi connectivity index (χ2v) is 8.94. The van der Waals surface area contributed by atoms with Crippen molar-refractivity contribution in [1.29, 1.82) is 0 Å². The van der Waals surface area contributed by atoms with Gasteiger partial charge in [-0.25, -0.2) is 4.98 Å². The number of H-pyrrole nitrogens is 1. The van der Waals surface area contributed by atoms with E-state index in [1.807, 2.05) is 41.0 Å². The topological polar surface area (TPSA) is 50.7 Å². The van der Waals surface area contributed by atoms with Gasteiger partial charge in [-0.15, -0.1) is 0 Å². The van der Waals surface area contributed by atoms with Crippen molar-refractivity contribution in [3.63, 3.8) is 0 Å². The van der Waals surface area contributed by atoms with E-state index < -0.39 is 0 Å². The molecule has 2 aromatic carbocycles. The van der Waals surface area contributed by atoms with Gasteiger partial charge >= 0.3 is 0 Å². The van der Waals surface area contributed by atoms with Crippen LogP contribution in [0.25, 0.3) is 27.6 Å². The number of thioether (sulfide) groups is 1. The van der Waals surface area contributed by atoms with Gasteiger partial charge in [-0.05, 0) is 49.9 Å². The van der Waals surface area contributed by atoms with Crippen molar-refractivity contribution < 1.29 is 0 Å². The van der Waals surface area contributed by atoms with Crippen molar-refractivity contribution >= 4 is 33.7 Å². The zero-order chi connectivity index (χ0) is 19.3. The smallest absolute Gasteiger partial charge is 0.283 e. The number of nitrogens with zero attached hydrogens (tertiary/aromatic N) is 2. The lowest BCUT2D eigenvalue weighted by atomic mass is 10.1. The molecular formula is C23H23N3OS. The van der Waals surface area contributed by atoms with Gasteiger partial charge in [0.05, 0.1) is 5.69 Å². The fraction of sp³-hybridized carbons (Fsp3) is 0.304. The van der Waals surface area contributed by atoms with Gasteiger partial charge in [0, 0.05) is 16.2 Å². The zero-order valence-corrected chi connectivity index (χ0v) is 17.0. The van der Waals surface area contributed by atoms with Crippen LogP contribution < -0.4 is 5.56 Å². The van der Waals surface area contributed by atoms with Crippen molar-refractivity contribution in [3.05, 3.63) is 63.9 Å². The Morgan fingerprint density at radius 1 is 1.07 bits per heavy atom. The predicted octanol–water partition coefficient (Wildman–Crippen LogP) is 5.52. The Morgan fingerprint density at radius 2 is 1.86 bits per heavy atom. The van der Waals surface area contributed by atoms with Crippen molar-refractivity contribution in [2.75, 3.05) is 0 Å². The van der Waals surface area contributed by atoms with E-state index in [0.29, 0.717) is 10.8 Å². The number of aromatic nitrogens is 3. The highest BCUT2D eigenvalue weighted by molar-refractivity contribution is 7.99. The molecule has 1 aliphatic carbocycles. The van der Waals surface area contributed by atoms with Crippen LogP contribution in [-0.2, 0) is 0 Å². The van der Waals surface area contributed by atoms with Crippen molar-refractivity contribution in [2.45, 2.75) is 49.9 Å². The lowest BCUT2D eigenvalue weighted by Gasteiger charge is -2.17. The summed E-state index contributed by atoms with van der Waals surface area (Å²) in [6.07, 6.45) is 4.92. The number of aryl methyl sites for hydroxylation is 1. The maximum absolute atomic E-state index is 13.6. The fourth-order valence-electron chi connectivity index (χ4n) is 4.17. The Bertz CT molecular complexity index is 1250. The Balaban J connectivity index is 1.83. The van der Waals surface area contributed by atoms with Crippen LogP contribution in [0.2, 0.25) is 0 Å². The van der Waals surface area contributed by atoms with Crippen LogP contribution in [0.15, 0.2) is 52.4 Å². The van der Waals surface area contributed by atoms with Gasteiger partial charge in [0.1, 0.15) is 11.0 Å². The molecule has 2 heterocycles. The number of rotatable bonds is 3. The third-order valence-corrected chi connectivity index (χ3v) is 7.17. The average molecular weight is 390 g/mol. The van der Waals surface area contributed by atoms with Crippen LogP contribution >= 0.6 is 11.8 Å². The molecule has 4 aromatic rings. The summed E-state index contributed by atoms with van der Waals surface area (Å²) in [5.74, 6) is 0. The number of nitrogens with one attached hydrogen (secondary N) is 1. The molecule has 5 rings (SSSR count). The van der Waals surface area contributed by atoms with E-state index in [1.54, 1.807) is 11.8 Å². The highest BCUT2D eigenvalue weighted by Crippen LogP contribution is 2.36. The summed E-state index contributed by atoms with van der Waals surface area (Å²) in [6.45, 7) is 4.17. The first kappa shape index (κ1) is 17.6. The van der Waals surface area contributed by atoms with Crippen molar-refractivity contribution in [2.24, 2.45) is 0 Å². The highest BCUT2D eigenvalue weighted by atomic mass is 32.2. The molecular weight excluding hydrogens is 366 g/mol. The normalized spacial score (nSPS) is 15.1. The van der Waals surface area contributed by atoms with E-state index in [1.165, 1.54) is 31.2 Å². The maximum atomic E-state index is 13.6. The van der Waals surface area contributed by atoms with E-state index in [0.717, 1.165) is 32.8 Å². The summed E-state index contributed by atoms with van der Waals surface area (Å²) in [5.41, 5.74) is 5.53. The molecule has 0 aliphatic heterocycles. The second kappa shape index (κ2) is 6.82. The minimum atomic E-state index is -0.0182. The monoisotopic (exact) mass is 389 g/mol. The molecule has 28 heavy (non-hydrogen) atoms. The Morgan fingerprint density at radius 3 is 2.68 bits per heavy atom. The first-order chi connectivity index (χ1) is 13.6. The molecule has 1 aliphatic rings. The third kappa shape index (κ3) is 2.76. The number of aromatic amines is 1. The Kier molecular flexibility index (Phi) is 4.27. The molecule has 0 amide bonds. The van der Waals surface area contributed by atoms with Crippen LogP contribution in [0.5, 0.6) is 0 Å². The summed E-state index contributed by atoms with van der Waals surface area (Å²) >= 11 is 1.77. The molecule has 1 saturated carbocycles. The van der Waals surface area contributed by atoms with Crippen LogP contribution in [0, 0.1) is 13.8 Å². The molecule has 4 nitrogen and oxygen atoms in total. The number of fused-ring (bicyclic) bond motifs is 3. The van der Waals surface area contributed by atoms with Crippen LogP contribution in [0.3, 0.4) is 0 Å². The largest absolute Gasteiger partial charge is 0.349 e. The summed E-state index contributed by atoms with van der Waals surface area (Å²) < 4.78 is 1.82. The third-order valence-electron chi connectivity index (χ3n) is 5.89.